The van der Waals surface area contributed by atoms with E-state index < -0.39 is 41.4 Å². The van der Waals surface area contributed by atoms with Crippen molar-refractivity contribution in [2.75, 3.05) is 6.61 Å². The molecular formula is C11H16N2O6. The summed E-state index contributed by atoms with van der Waals surface area (Å²) >= 11 is 0. The van der Waals surface area contributed by atoms with Crippen LogP contribution >= 0.6 is 0 Å². The monoisotopic (exact) mass is 272 g/mol. The summed E-state index contributed by atoms with van der Waals surface area (Å²) in [5.74, 6) is 0. The number of ether oxygens (including phenoxy) is 1. The molecule has 4 atom stereocenters. The molecular weight excluding hydrogens is 256 g/mol. The first-order valence-electron chi connectivity index (χ1n) is 5.73. The molecule has 1 fully saturated rings. The number of aromatic nitrogens is 2. The average molecular weight is 272 g/mol. The maximum Gasteiger partial charge on any atom is 0.330 e. The molecule has 0 unspecified atom stereocenters. The molecule has 0 aliphatic carbocycles. The number of nitrogens with one attached hydrogen (secondary N) is 1. The molecule has 1 aromatic rings. The molecule has 1 aliphatic rings. The van der Waals surface area contributed by atoms with Crippen LogP contribution in [0.2, 0.25) is 0 Å². The van der Waals surface area contributed by atoms with Gasteiger partial charge in [0.25, 0.3) is 5.56 Å². The molecule has 8 heteroatoms. The van der Waals surface area contributed by atoms with Crippen LogP contribution in [0.1, 0.15) is 20.1 Å². The van der Waals surface area contributed by atoms with Crippen LogP contribution in [0.15, 0.2) is 21.9 Å². The molecule has 1 aliphatic heterocycles. The summed E-state index contributed by atoms with van der Waals surface area (Å²) in [4.78, 5) is 24.7. The minimum Gasteiger partial charge on any atom is -0.393 e. The van der Waals surface area contributed by atoms with Crippen LogP contribution in [0, 0.1) is 0 Å². The van der Waals surface area contributed by atoms with E-state index in [9.17, 15) is 24.9 Å². The number of hydrogen-bond donors (Lipinski definition) is 4. The first-order chi connectivity index (χ1) is 8.72. The Hall–Kier alpha value is -1.48. The van der Waals surface area contributed by atoms with Crippen molar-refractivity contribution in [3.8, 4) is 0 Å². The van der Waals surface area contributed by atoms with Gasteiger partial charge in [0.1, 0.15) is 17.3 Å². The standard InChI is InChI=1S/C11H16N2O6/c1-10(5-14)7(16)11(2,18)8(19-10)13-4-3-6(15)12-9(13)17/h3-4,7-8,14,16,18H,5H2,1-2H3,(H,12,15,17)/t7-,8-,10-,11-/m1/s1. The van der Waals surface area contributed by atoms with Crippen molar-refractivity contribution < 1.29 is 20.1 Å². The summed E-state index contributed by atoms with van der Waals surface area (Å²) in [6, 6.07) is 1.10. The maximum atomic E-state index is 11.7. The third-order valence-corrected chi connectivity index (χ3v) is 3.43. The summed E-state index contributed by atoms with van der Waals surface area (Å²) in [5.41, 5.74) is -4.54. The Kier molecular flexibility index (Phi) is 3.13. The molecule has 4 N–H and O–H groups in total. The molecule has 2 heterocycles. The lowest BCUT2D eigenvalue weighted by Crippen LogP contribution is -2.50. The molecule has 19 heavy (non-hydrogen) atoms. The number of rotatable bonds is 2. The lowest BCUT2D eigenvalue weighted by molar-refractivity contribution is -0.122. The summed E-state index contributed by atoms with van der Waals surface area (Å²) in [5, 5.41) is 29.6. The molecule has 0 saturated carbocycles. The fraction of sp³-hybridized carbons (Fsp3) is 0.636. The van der Waals surface area contributed by atoms with Crippen molar-refractivity contribution in [1.82, 2.24) is 9.55 Å². The van der Waals surface area contributed by atoms with Crippen LogP contribution in [0.3, 0.4) is 0 Å². The second kappa shape index (κ2) is 4.27. The Morgan fingerprint density at radius 3 is 2.58 bits per heavy atom. The van der Waals surface area contributed by atoms with Crippen molar-refractivity contribution >= 4 is 0 Å². The zero-order chi connectivity index (χ0) is 14.4. The lowest BCUT2D eigenvalue weighted by atomic mass is 9.89. The van der Waals surface area contributed by atoms with Crippen molar-refractivity contribution in [1.29, 1.82) is 0 Å². The number of nitrogens with zero attached hydrogens (tertiary/aromatic N) is 1. The molecule has 1 saturated heterocycles. The van der Waals surface area contributed by atoms with Crippen molar-refractivity contribution in [3.05, 3.63) is 33.1 Å². The van der Waals surface area contributed by atoms with E-state index in [1.165, 1.54) is 13.8 Å². The second-order valence-electron chi connectivity index (χ2n) is 5.09. The van der Waals surface area contributed by atoms with E-state index in [2.05, 4.69) is 0 Å². The van der Waals surface area contributed by atoms with Gasteiger partial charge in [0.05, 0.1) is 6.61 Å². The zero-order valence-corrected chi connectivity index (χ0v) is 10.5. The Morgan fingerprint density at radius 2 is 2.11 bits per heavy atom. The summed E-state index contributed by atoms with van der Waals surface area (Å²) < 4.78 is 6.39. The Labute approximate surface area is 107 Å². The number of aliphatic hydroxyl groups excluding tert-OH is 2. The topological polar surface area (TPSA) is 125 Å². The highest BCUT2D eigenvalue weighted by Gasteiger charge is 2.59. The SMILES string of the molecule is C[C@]1(O)[C@H](n2ccc(=O)[nH]c2=O)O[C@](C)(CO)[C@H]1O. The van der Waals surface area contributed by atoms with Crippen LogP contribution in [-0.4, -0.2) is 48.8 Å². The van der Waals surface area contributed by atoms with Gasteiger partial charge in [0.2, 0.25) is 0 Å². The van der Waals surface area contributed by atoms with Crippen molar-refractivity contribution in [2.45, 2.75) is 37.4 Å². The van der Waals surface area contributed by atoms with Gasteiger partial charge in [0.15, 0.2) is 6.23 Å². The van der Waals surface area contributed by atoms with Gasteiger partial charge in [-0.1, -0.05) is 0 Å². The van der Waals surface area contributed by atoms with E-state index in [4.69, 9.17) is 4.74 Å². The predicted molar refractivity (Wildman–Crippen MR) is 63.6 cm³/mol. The normalized spacial score (nSPS) is 38.6. The molecule has 0 aromatic carbocycles. The molecule has 0 amide bonds. The fourth-order valence-electron chi connectivity index (χ4n) is 2.27. The first-order valence-corrected chi connectivity index (χ1v) is 5.73. The Morgan fingerprint density at radius 1 is 1.47 bits per heavy atom. The van der Waals surface area contributed by atoms with Gasteiger partial charge >= 0.3 is 5.69 Å². The number of aliphatic hydroxyl groups is 3. The van der Waals surface area contributed by atoms with E-state index in [0.717, 1.165) is 16.8 Å². The van der Waals surface area contributed by atoms with E-state index in [0.29, 0.717) is 0 Å². The van der Waals surface area contributed by atoms with E-state index >= 15 is 0 Å². The maximum absolute atomic E-state index is 11.7. The second-order valence-corrected chi connectivity index (χ2v) is 5.09. The highest BCUT2D eigenvalue weighted by Crippen LogP contribution is 2.43. The highest BCUT2D eigenvalue weighted by molar-refractivity contribution is 5.06. The van der Waals surface area contributed by atoms with Gasteiger partial charge in [0, 0.05) is 12.3 Å². The Balaban J connectivity index is 2.51. The quantitative estimate of drug-likeness (QED) is 0.490. The predicted octanol–water partition coefficient (Wildman–Crippen LogP) is -2.07. The summed E-state index contributed by atoms with van der Waals surface area (Å²) in [6.07, 6.45) is -1.45. The third kappa shape index (κ3) is 2.02. The van der Waals surface area contributed by atoms with Crippen molar-refractivity contribution in [2.24, 2.45) is 0 Å². The molecule has 0 bridgehead atoms. The van der Waals surface area contributed by atoms with Crippen LogP contribution in [-0.2, 0) is 4.74 Å². The van der Waals surface area contributed by atoms with E-state index in [1.54, 1.807) is 0 Å². The van der Waals surface area contributed by atoms with Gasteiger partial charge in [-0.25, -0.2) is 4.79 Å². The minimum absolute atomic E-state index is 0.529. The molecule has 0 spiro atoms. The third-order valence-electron chi connectivity index (χ3n) is 3.43. The molecule has 2 rings (SSSR count). The van der Waals surface area contributed by atoms with Gasteiger partial charge in [-0.15, -0.1) is 0 Å². The first kappa shape index (κ1) is 13.9. The van der Waals surface area contributed by atoms with Crippen LogP contribution in [0.4, 0.5) is 0 Å². The van der Waals surface area contributed by atoms with Gasteiger partial charge < -0.3 is 20.1 Å². The zero-order valence-electron chi connectivity index (χ0n) is 10.5. The van der Waals surface area contributed by atoms with Crippen LogP contribution in [0.5, 0.6) is 0 Å². The number of aromatic amines is 1. The van der Waals surface area contributed by atoms with Gasteiger partial charge in [-0.3, -0.25) is 14.3 Å². The molecule has 0 radical (unpaired) electrons. The number of H-pyrrole nitrogens is 1. The largest absolute Gasteiger partial charge is 0.393 e. The van der Waals surface area contributed by atoms with Gasteiger partial charge in [-0.05, 0) is 13.8 Å². The fourth-order valence-corrected chi connectivity index (χ4v) is 2.27. The van der Waals surface area contributed by atoms with E-state index in [1.807, 2.05) is 4.98 Å². The van der Waals surface area contributed by atoms with Crippen LogP contribution < -0.4 is 11.2 Å². The lowest BCUT2D eigenvalue weighted by Gasteiger charge is -2.28. The van der Waals surface area contributed by atoms with Crippen molar-refractivity contribution in [3.63, 3.8) is 0 Å². The Bertz CT molecular complexity index is 591. The molecule has 1 aromatic heterocycles. The summed E-state index contributed by atoms with van der Waals surface area (Å²) in [7, 11) is 0. The van der Waals surface area contributed by atoms with Crippen LogP contribution in [0.25, 0.3) is 0 Å². The number of hydrogen-bond acceptors (Lipinski definition) is 6. The minimum atomic E-state index is -1.79. The highest BCUT2D eigenvalue weighted by atomic mass is 16.6. The molecule has 106 valence electrons. The average Bonchev–Trinajstić information content (AvgIpc) is 2.51. The van der Waals surface area contributed by atoms with Gasteiger partial charge in [-0.2, -0.15) is 0 Å². The molecule has 8 nitrogen and oxygen atoms in total. The van der Waals surface area contributed by atoms with E-state index in [-0.39, 0.29) is 0 Å². The smallest absolute Gasteiger partial charge is 0.330 e. The summed E-state index contributed by atoms with van der Waals surface area (Å²) in [6.45, 7) is 2.18.